The first kappa shape index (κ1) is 14.0. The van der Waals surface area contributed by atoms with Gasteiger partial charge in [-0.05, 0) is 44.0 Å². The molecule has 0 fully saturated rings. The molecular formula is C17H17NO2. The van der Waals surface area contributed by atoms with Crippen LogP contribution in [0, 0.1) is 13.8 Å². The van der Waals surface area contributed by atoms with Crippen LogP contribution in [0.3, 0.4) is 0 Å². The van der Waals surface area contributed by atoms with E-state index in [1.165, 1.54) is 6.92 Å². The maximum absolute atomic E-state index is 12.3. The van der Waals surface area contributed by atoms with Crippen LogP contribution in [0.15, 0.2) is 42.5 Å². The first-order valence-corrected chi connectivity index (χ1v) is 6.47. The molecule has 1 amide bonds. The van der Waals surface area contributed by atoms with Crippen molar-refractivity contribution in [1.29, 1.82) is 0 Å². The van der Waals surface area contributed by atoms with Crippen molar-refractivity contribution in [3.05, 3.63) is 64.7 Å². The number of anilines is 1. The summed E-state index contributed by atoms with van der Waals surface area (Å²) < 4.78 is 0. The van der Waals surface area contributed by atoms with Crippen molar-refractivity contribution in [2.24, 2.45) is 0 Å². The van der Waals surface area contributed by atoms with Gasteiger partial charge in [0.2, 0.25) is 0 Å². The summed E-state index contributed by atoms with van der Waals surface area (Å²) in [4.78, 5) is 23.7. The number of benzene rings is 2. The number of carbonyl (C=O) groups excluding carboxylic acids is 2. The molecular weight excluding hydrogens is 250 g/mol. The Morgan fingerprint density at radius 1 is 0.950 bits per heavy atom. The predicted octanol–water partition coefficient (Wildman–Crippen LogP) is 3.76. The molecule has 1 N–H and O–H groups in total. The summed E-state index contributed by atoms with van der Waals surface area (Å²) in [5, 5.41) is 2.87. The highest BCUT2D eigenvalue weighted by Gasteiger charge is 2.11. The van der Waals surface area contributed by atoms with Gasteiger partial charge in [-0.25, -0.2) is 0 Å². The third-order valence-corrected chi connectivity index (χ3v) is 3.28. The van der Waals surface area contributed by atoms with E-state index in [0.717, 1.165) is 11.1 Å². The van der Waals surface area contributed by atoms with E-state index < -0.39 is 0 Å². The minimum absolute atomic E-state index is 0.0172. The fourth-order valence-corrected chi connectivity index (χ4v) is 1.99. The smallest absolute Gasteiger partial charge is 0.255 e. The molecule has 2 aromatic carbocycles. The molecule has 0 aliphatic carbocycles. The molecule has 0 radical (unpaired) electrons. The van der Waals surface area contributed by atoms with Gasteiger partial charge in [0.25, 0.3) is 5.91 Å². The fourth-order valence-electron chi connectivity index (χ4n) is 1.99. The molecule has 0 unspecified atom stereocenters. The highest BCUT2D eigenvalue weighted by molar-refractivity contribution is 6.06. The Balaban J connectivity index is 2.30. The summed E-state index contributed by atoms with van der Waals surface area (Å²) in [5.41, 5.74) is 3.75. The zero-order valence-corrected chi connectivity index (χ0v) is 11.9. The lowest BCUT2D eigenvalue weighted by Crippen LogP contribution is -2.14. The van der Waals surface area contributed by atoms with Gasteiger partial charge in [-0.2, -0.15) is 0 Å². The van der Waals surface area contributed by atoms with E-state index in [1.807, 2.05) is 38.1 Å². The van der Waals surface area contributed by atoms with Crippen molar-refractivity contribution in [1.82, 2.24) is 0 Å². The maximum atomic E-state index is 12.3. The summed E-state index contributed by atoms with van der Waals surface area (Å²) in [7, 11) is 0. The summed E-state index contributed by atoms with van der Waals surface area (Å²) in [5.74, 6) is -0.178. The Hall–Kier alpha value is -2.42. The molecule has 20 heavy (non-hydrogen) atoms. The van der Waals surface area contributed by atoms with Crippen LogP contribution in [0.2, 0.25) is 0 Å². The van der Waals surface area contributed by atoms with Crippen molar-refractivity contribution in [3.8, 4) is 0 Å². The molecule has 0 saturated heterocycles. The van der Waals surface area contributed by atoms with Crippen LogP contribution >= 0.6 is 0 Å². The highest BCUT2D eigenvalue weighted by Crippen LogP contribution is 2.19. The second kappa shape index (κ2) is 5.70. The number of ketones is 1. The molecule has 3 nitrogen and oxygen atoms in total. The van der Waals surface area contributed by atoms with Gasteiger partial charge < -0.3 is 5.32 Å². The van der Waals surface area contributed by atoms with Gasteiger partial charge in [0.05, 0.1) is 0 Å². The standard InChI is InChI=1S/C17H17NO2/c1-11-6-4-5-7-15(11)17(20)18-16-10-14(13(3)19)9-8-12(16)2/h4-10H,1-3H3,(H,18,20). The van der Waals surface area contributed by atoms with Crippen molar-refractivity contribution >= 4 is 17.4 Å². The Bertz CT molecular complexity index is 674. The van der Waals surface area contributed by atoms with E-state index in [1.54, 1.807) is 18.2 Å². The van der Waals surface area contributed by atoms with Crippen LogP contribution in [-0.2, 0) is 0 Å². The molecule has 0 spiro atoms. The van der Waals surface area contributed by atoms with Crippen LogP contribution in [0.1, 0.15) is 38.8 Å². The third-order valence-electron chi connectivity index (χ3n) is 3.28. The zero-order chi connectivity index (χ0) is 14.7. The molecule has 0 aromatic heterocycles. The number of aryl methyl sites for hydroxylation is 2. The second-order valence-corrected chi connectivity index (χ2v) is 4.85. The number of Topliss-reactive ketones (excluding diaryl/α,β-unsaturated/α-hetero) is 1. The third kappa shape index (κ3) is 2.94. The van der Waals surface area contributed by atoms with Gasteiger partial charge in [-0.15, -0.1) is 0 Å². The van der Waals surface area contributed by atoms with Crippen molar-refractivity contribution in [2.45, 2.75) is 20.8 Å². The van der Waals surface area contributed by atoms with E-state index in [0.29, 0.717) is 16.8 Å². The Labute approximate surface area is 118 Å². The number of carbonyl (C=O) groups is 2. The molecule has 3 heteroatoms. The lowest BCUT2D eigenvalue weighted by atomic mass is 10.1. The van der Waals surface area contributed by atoms with Gasteiger partial charge in [-0.1, -0.05) is 30.3 Å². The monoisotopic (exact) mass is 267 g/mol. The van der Waals surface area contributed by atoms with Crippen molar-refractivity contribution in [2.75, 3.05) is 5.32 Å². The van der Waals surface area contributed by atoms with Crippen molar-refractivity contribution < 1.29 is 9.59 Å². The van der Waals surface area contributed by atoms with Crippen molar-refractivity contribution in [3.63, 3.8) is 0 Å². The first-order valence-electron chi connectivity index (χ1n) is 6.47. The van der Waals surface area contributed by atoms with E-state index in [4.69, 9.17) is 0 Å². The summed E-state index contributed by atoms with van der Waals surface area (Å²) in [6, 6.07) is 12.7. The minimum atomic E-state index is -0.160. The molecule has 2 aromatic rings. The SMILES string of the molecule is CC(=O)c1ccc(C)c(NC(=O)c2ccccc2C)c1. The number of amides is 1. The molecule has 0 aliphatic rings. The molecule has 2 rings (SSSR count). The summed E-state index contributed by atoms with van der Waals surface area (Å²) >= 11 is 0. The molecule has 0 saturated carbocycles. The fraction of sp³-hybridized carbons (Fsp3) is 0.176. The highest BCUT2D eigenvalue weighted by atomic mass is 16.1. The largest absolute Gasteiger partial charge is 0.322 e. The number of rotatable bonds is 3. The van der Waals surface area contributed by atoms with E-state index in [-0.39, 0.29) is 11.7 Å². The zero-order valence-electron chi connectivity index (χ0n) is 11.9. The minimum Gasteiger partial charge on any atom is -0.322 e. The van der Waals surface area contributed by atoms with Gasteiger partial charge >= 0.3 is 0 Å². The second-order valence-electron chi connectivity index (χ2n) is 4.85. The number of hydrogen-bond donors (Lipinski definition) is 1. The Morgan fingerprint density at radius 2 is 1.65 bits per heavy atom. The van der Waals surface area contributed by atoms with E-state index in [2.05, 4.69) is 5.32 Å². The van der Waals surface area contributed by atoms with E-state index >= 15 is 0 Å². The number of nitrogens with one attached hydrogen (secondary N) is 1. The summed E-state index contributed by atoms with van der Waals surface area (Å²) in [6.45, 7) is 5.31. The average molecular weight is 267 g/mol. The van der Waals surface area contributed by atoms with Crippen LogP contribution < -0.4 is 5.32 Å². The maximum Gasteiger partial charge on any atom is 0.255 e. The molecule has 0 bridgehead atoms. The lowest BCUT2D eigenvalue weighted by molar-refractivity contribution is 0.101. The predicted molar refractivity (Wildman–Crippen MR) is 80.3 cm³/mol. The average Bonchev–Trinajstić information content (AvgIpc) is 2.41. The topological polar surface area (TPSA) is 46.2 Å². The van der Waals surface area contributed by atoms with Gasteiger partial charge in [0.1, 0.15) is 0 Å². The first-order chi connectivity index (χ1) is 9.49. The normalized spacial score (nSPS) is 10.2. The van der Waals surface area contributed by atoms with Gasteiger partial charge in [0, 0.05) is 16.8 Å². The van der Waals surface area contributed by atoms with E-state index in [9.17, 15) is 9.59 Å². The number of hydrogen-bond acceptors (Lipinski definition) is 2. The lowest BCUT2D eigenvalue weighted by Gasteiger charge is -2.11. The Morgan fingerprint density at radius 3 is 2.30 bits per heavy atom. The summed E-state index contributed by atoms with van der Waals surface area (Å²) in [6.07, 6.45) is 0. The molecule has 0 aliphatic heterocycles. The molecule has 102 valence electrons. The van der Waals surface area contributed by atoms with Gasteiger partial charge in [-0.3, -0.25) is 9.59 Å². The van der Waals surface area contributed by atoms with Gasteiger partial charge in [0.15, 0.2) is 5.78 Å². The van der Waals surface area contributed by atoms with Crippen LogP contribution in [-0.4, -0.2) is 11.7 Å². The van der Waals surface area contributed by atoms with Crippen LogP contribution in [0.25, 0.3) is 0 Å². The van der Waals surface area contributed by atoms with Crippen LogP contribution in [0.4, 0.5) is 5.69 Å². The quantitative estimate of drug-likeness (QED) is 0.861. The molecule has 0 atom stereocenters. The Kier molecular flexibility index (Phi) is 3.99. The van der Waals surface area contributed by atoms with Crippen LogP contribution in [0.5, 0.6) is 0 Å². The molecule has 0 heterocycles.